The number of hydrogen-bond acceptors (Lipinski definition) is 4. The molecule has 88 valence electrons. The lowest BCUT2D eigenvalue weighted by molar-refractivity contribution is 1.17. The largest absolute Gasteiger partial charge is 0.389 e. The van der Waals surface area contributed by atoms with Gasteiger partial charge in [-0.25, -0.2) is 0 Å². The van der Waals surface area contributed by atoms with Crippen LogP contribution in [0.3, 0.4) is 0 Å². The van der Waals surface area contributed by atoms with Crippen molar-refractivity contribution in [2.45, 2.75) is 6.54 Å². The third kappa shape index (κ3) is 3.24. The quantitative estimate of drug-likeness (QED) is 0.847. The van der Waals surface area contributed by atoms with E-state index in [1.54, 1.807) is 11.3 Å². The van der Waals surface area contributed by atoms with Crippen LogP contribution in [0.15, 0.2) is 34.4 Å². The Labute approximate surface area is 117 Å². The molecule has 0 saturated carbocycles. The molecular formula is C11H10BrN3S2. The molecule has 6 heteroatoms. The van der Waals surface area contributed by atoms with Gasteiger partial charge in [0, 0.05) is 26.8 Å². The first-order valence-electron chi connectivity index (χ1n) is 4.87. The number of aromatic nitrogens is 1. The minimum absolute atomic E-state index is 0.403. The summed E-state index contributed by atoms with van der Waals surface area (Å²) < 4.78 is 0.951. The standard InChI is InChI=1S/C11H10BrN3S2/c12-9-3-7(11(13)16)1-2-10(9)15-5-8-4-14-6-17-8/h1-4,6,15H,5H2,(H2,13,16). The molecule has 2 rings (SSSR count). The Morgan fingerprint density at radius 1 is 1.53 bits per heavy atom. The molecule has 0 spiro atoms. The van der Waals surface area contributed by atoms with Gasteiger partial charge in [0.15, 0.2) is 0 Å². The van der Waals surface area contributed by atoms with E-state index < -0.39 is 0 Å². The van der Waals surface area contributed by atoms with Crippen LogP contribution in [0.5, 0.6) is 0 Å². The van der Waals surface area contributed by atoms with E-state index in [4.69, 9.17) is 18.0 Å². The highest BCUT2D eigenvalue weighted by Gasteiger charge is 2.03. The van der Waals surface area contributed by atoms with Gasteiger partial charge in [0.05, 0.1) is 12.1 Å². The van der Waals surface area contributed by atoms with Crippen LogP contribution < -0.4 is 11.1 Å². The SMILES string of the molecule is NC(=S)c1ccc(NCc2cncs2)c(Br)c1. The number of nitrogens with one attached hydrogen (secondary N) is 1. The van der Waals surface area contributed by atoms with Crippen LogP contribution in [0.25, 0.3) is 0 Å². The summed E-state index contributed by atoms with van der Waals surface area (Å²) in [7, 11) is 0. The van der Waals surface area contributed by atoms with Crippen molar-refractivity contribution in [2.24, 2.45) is 5.73 Å². The number of thiocarbonyl (C=S) groups is 1. The molecule has 0 radical (unpaired) electrons. The van der Waals surface area contributed by atoms with Crippen LogP contribution in [0.2, 0.25) is 0 Å². The summed E-state index contributed by atoms with van der Waals surface area (Å²) in [5, 5.41) is 3.32. The van der Waals surface area contributed by atoms with E-state index in [2.05, 4.69) is 26.2 Å². The molecule has 0 unspecified atom stereocenters. The second-order valence-corrected chi connectivity index (χ2v) is 5.65. The van der Waals surface area contributed by atoms with E-state index in [9.17, 15) is 0 Å². The monoisotopic (exact) mass is 327 g/mol. The number of anilines is 1. The van der Waals surface area contributed by atoms with Gasteiger partial charge in [0.25, 0.3) is 0 Å². The number of thiazole rings is 1. The fourth-order valence-electron chi connectivity index (χ4n) is 1.32. The number of rotatable bonds is 4. The average Bonchev–Trinajstić information content (AvgIpc) is 2.80. The molecule has 1 aromatic carbocycles. The topological polar surface area (TPSA) is 50.9 Å². The molecule has 0 aliphatic carbocycles. The smallest absolute Gasteiger partial charge is 0.104 e. The Bertz CT molecular complexity index is 526. The average molecular weight is 328 g/mol. The van der Waals surface area contributed by atoms with E-state index >= 15 is 0 Å². The summed E-state index contributed by atoms with van der Waals surface area (Å²) in [4.78, 5) is 5.62. The van der Waals surface area contributed by atoms with Gasteiger partial charge in [-0.15, -0.1) is 11.3 Å². The Hall–Kier alpha value is -0.980. The molecule has 1 heterocycles. The number of nitrogens with two attached hydrogens (primary N) is 1. The van der Waals surface area contributed by atoms with Crippen LogP contribution in [-0.2, 0) is 6.54 Å². The first-order chi connectivity index (χ1) is 8.16. The van der Waals surface area contributed by atoms with Crippen molar-refractivity contribution in [3.8, 4) is 0 Å². The van der Waals surface area contributed by atoms with E-state index in [-0.39, 0.29) is 0 Å². The van der Waals surface area contributed by atoms with E-state index in [0.717, 1.165) is 22.3 Å². The van der Waals surface area contributed by atoms with E-state index in [1.807, 2.05) is 29.9 Å². The van der Waals surface area contributed by atoms with Gasteiger partial charge in [-0.3, -0.25) is 4.98 Å². The van der Waals surface area contributed by atoms with Crippen LogP contribution in [-0.4, -0.2) is 9.97 Å². The zero-order valence-corrected chi connectivity index (χ0v) is 12.0. The Morgan fingerprint density at radius 2 is 2.35 bits per heavy atom. The predicted molar refractivity (Wildman–Crippen MR) is 79.5 cm³/mol. The van der Waals surface area contributed by atoms with Crippen molar-refractivity contribution < 1.29 is 0 Å². The number of benzene rings is 1. The molecule has 0 saturated heterocycles. The molecule has 17 heavy (non-hydrogen) atoms. The first kappa shape index (κ1) is 12.5. The first-order valence-corrected chi connectivity index (χ1v) is 6.95. The maximum absolute atomic E-state index is 5.57. The number of hydrogen-bond donors (Lipinski definition) is 2. The summed E-state index contributed by atoms with van der Waals surface area (Å²) in [6, 6.07) is 5.78. The van der Waals surface area contributed by atoms with Gasteiger partial charge >= 0.3 is 0 Å². The van der Waals surface area contributed by atoms with Crippen molar-refractivity contribution in [3.05, 3.63) is 44.8 Å². The minimum atomic E-state index is 0.403. The van der Waals surface area contributed by atoms with E-state index in [0.29, 0.717) is 4.99 Å². The molecule has 3 nitrogen and oxygen atoms in total. The molecule has 3 N–H and O–H groups in total. The van der Waals surface area contributed by atoms with Crippen molar-refractivity contribution >= 4 is 50.2 Å². The van der Waals surface area contributed by atoms with Crippen LogP contribution in [0.4, 0.5) is 5.69 Å². The molecule has 0 fully saturated rings. The highest BCUT2D eigenvalue weighted by atomic mass is 79.9. The Morgan fingerprint density at radius 3 is 2.94 bits per heavy atom. The molecule has 0 bridgehead atoms. The summed E-state index contributed by atoms with van der Waals surface area (Å²) in [5.41, 5.74) is 9.26. The van der Waals surface area contributed by atoms with Crippen LogP contribution >= 0.6 is 39.5 Å². The zero-order chi connectivity index (χ0) is 12.3. The van der Waals surface area contributed by atoms with Gasteiger partial charge in [-0.2, -0.15) is 0 Å². The maximum Gasteiger partial charge on any atom is 0.104 e. The Kier molecular flexibility index (Phi) is 4.09. The summed E-state index contributed by atoms with van der Waals surface area (Å²) >= 11 is 10.0. The van der Waals surface area contributed by atoms with Gasteiger partial charge in [0.1, 0.15) is 4.99 Å². The fraction of sp³-hybridized carbons (Fsp3) is 0.0909. The third-order valence-electron chi connectivity index (χ3n) is 2.19. The zero-order valence-electron chi connectivity index (χ0n) is 8.81. The summed E-state index contributed by atoms with van der Waals surface area (Å²) in [6.45, 7) is 0.760. The minimum Gasteiger partial charge on any atom is -0.389 e. The molecule has 0 aliphatic heterocycles. The van der Waals surface area contributed by atoms with Gasteiger partial charge in [0.2, 0.25) is 0 Å². The highest BCUT2D eigenvalue weighted by molar-refractivity contribution is 9.10. The van der Waals surface area contributed by atoms with Gasteiger partial charge in [-0.1, -0.05) is 12.2 Å². The second-order valence-electron chi connectivity index (χ2n) is 3.38. The van der Waals surface area contributed by atoms with Crippen molar-refractivity contribution in [2.75, 3.05) is 5.32 Å². The highest BCUT2D eigenvalue weighted by Crippen LogP contribution is 2.24. The van der Waals surface area contributed by atoms with Crippen molar-refractivity contribution in [1.29, 1.82) is 0 Å². The lowest BCUT2D eigenvalue weighted by Gasteiger charge is -2.08. The normalized spacial score (nSPS) is 10.2. The van der Waals surface area contributed by atoms with Crippen molar-refractivity contribution in [1.82, 2.24) is 4.98 Å². The molecule has 0 atom stereocenters. The molecule has 0 amide bonds. The summed E-state index contributed by atoms with van der Waals surface area (Å²) in [5.74, 6) is 0. The molecule has 0 aliphatic rings. The number of nitrogens with zero attached hydrogens (tertiary/aromatic N) is 1. The molecular weight excluding hydrogens is 318 g/mol. The second kappa shape index (κ2) is 5.57. The van der Waals surface area contributed by atoms with Gasteiger partial charge < -0.3 is 11.1 Å². The predicted octanol–water partition coefficient (Wildman–Crippen LogP) is 3.15. The lowest BCUT2D eigenvalue weighted by atomic mass is 10.2. The molecule has 2 aromatic rings. The Balaban J connectivity index is 2.09. The van der Waals surface area contributed by atoms with Crippen molar-refractivity contribution in [3.63, 3.8) is 0 Å². The number of halogens is 1. The van der Waals surface area contributed by atoms with Crippen LogP contribution in [0, 0.1) is 0 Å². The summed E-state index contributed by atoms with van der Waals surface area (Å²) in [6.07, 6.45) is 1.86. The van der Waals surface area contributed by atoms with Gasteiger partial charge in [-0.05, 0) is 34.1 Å². The third-order valence-corrected chi connectivity index (χ3v) is 3.86. The molecule has 1 aromatic heterocycles. The fourth-order valence-corrected chi connectivity index (χ4v) is 2.50. The van der Waals surface area contributed by atoms with E-state index in [1.165, 1.54) is 4.88 Å². The lowest BCUT2D eigenvalue weighted by Crippen LogP contribution is -2.09. The maximum atomic E-state index is 5.57. The van der Waals surface area contributed by atoms with Crippen LogP contribution in [0.1, 0.15) is 10.4 Å².